The van der Waals surface area contributed by atoms with Crippen LogP contribution in [0, 0.1) is 0 Å². The average molecular weight is 282 g/mol. The Morgan fingerprint density at radius 1 is 0.944 bits per heavy atom. The van der Waals surface area contributed by atoms with Crippen molar-refractivity contribution in [1.82, 2.24) is 0 Å². The molecule has 0 fully saturated rings. The molecule has 0 radical (unpaired) electrons. The van der Waals surface area contributed by atoms with Crippen LogP contribution in [-0.4, -0.2) is 8.42 Å². The van der Waals surface area contributed by atoms with Crippen LogP contribution in [0.1, 0.15) is 5.56 Å². The second-order valence-corrected chi connectivity index (χ2v) is 6.38. The van der Waals surface area contributed by atoms with Crippen LogP contribution in [0.2, 0.25) is 5.02 Å². The lowest BCUT2D eigenvalue weighted by Crippen LogP contribution is -2.04. The molecule has 94 valence electrons. The average Bonchev–Trinajstić information content (AvgIpc) is 2.32. The Bertz CT molecular complexity index is 634. The van der Waals surface area contributed by atoms with E-state index in [4.69, 9.17) is 17.3 Å². The van der Waals surface area contributed by atoms with E-state index in [1.807, 2.05) is 0 Å². The molecule has 0 spiro atoms. The first kappa shape index (κ1) is 12.9. The van der Waals surface area contributed by atoms with Gasteiger partial charge in [0.25, 0.3) is 0 Å². The van der Waals surface area contributed by atoms with Gasteiger partial charge in [0.2, 0.25) is 0 Å². The van der Waals surface area contributed by atoms with Gasteiger partial charge in [0.05, 0.1) is 10.6 Å². The van der Waals surface area contributed by atoms with Crippen molar-refractivity contribution in [3.8, 4) is 0 Å². The molecule has 0 aliphatic carbocycles. The minimum Gasteiger partial charge on any atom is -0.399 e. The Hall–Kier alpha value is -1.52. The van der Waals surface area contributed by atoms with Gasteiger partial charge in [-0.2, -0.15) is 0 Å². The standard InChI is InChI=1S/C13H12ClNO2S/c14-11-3-7-13(8-4-11)18(16,17)9-10-1-5-12(15)6-2-10/h1-8H,9,15H2. The van der Waals surface area contributed by atoms with E-state index in [0.717, 1.165) is 0 Å². The summed E-state index contributed by atoms with van der Waals surface area (Å²) in [6.45, 7) is 0. The number of benzene rings is 2. The summed E-state index contributed by atoms with van der Waals surface area (Å²) in [6.07, 6.45) is 0. The molecule has 0 amide bonds. The summed E-state index contributed by atoms with van der Waals surface area (Å²) in [5, 5.41) is 0.515. The lowest BCUT2D eigenvalue weighted by atomic mass is 10.2. The molecule has 3 nitrogen and oxygen atoms in total. The number of hydrogen-bond acceptors (Lipinski definition) is 3. The van der Waals surface area contributed by atoms with Crippen LogP contribution >= 0.6 is 11.6 Å². The normalized spacial score (nSPS) is 11.4. The molecule has 18 heavy (non-hydrogen) atoms. The summed E-state index contributed by atoms with van der Waals surface area (Å²) in [7, 11) is -3.34. The molecule has 0 aliphatic rings. The molecule has 0 saturated carbocycles. The van der Waals surface area contributed by atoms with E-state index < -0.39 is 9.84 Å². The van der Waals surface area contributed by atoms with Gasteiger partial charge < -0.3 is 5.73 Å². The first-order valence-corrected chi connectivity index (χ1v) is 7.33. The van der Waals surface area contributed by atoms with E-state index in [0.29, 0.717) is 16.3 Å². The van der Waals surface area contributed by atoms with Crippen molar-refractivity contribution >= 4 is 27.1 Å². The first-order chi connectivity index (χ1) is 8.47. The van der Waals surface area contributed by atoms with E-state index in [-0.39, 0.29) is 10.6 Å². The van der Waals surface area contributed by atoms with Crippen LogP contribution in [0.3, 0.4) is 0 Å². The van der Waals surface area contributed by atoms with E-state index >= 15 is 0 Å². The van der Waals surface area contributed by atoms with Crippen LogP contribution in [-0.2, 0) is 15.6 Å². The molecular weight excluding hydrogens is 270 g/mol. The highest BCUT2D eigenvalue weighted by Gasteiger charge is 2.14. The summed E-state index contributed by atoms with van der Waals surface area (Å²) >= 11 is 5.73. The van der Waals surface area contributed by atoms with Gasteiger partial charge in [-0.1, -0.05) is 23.7 Å². The predicted octanol–water partition coefficient (Wildman–Crippen LogP) is 2.90. The van der Waals surface area contributed by atoms with Crippen molar-refractivity contribution in [1.29, 1.82) is 0 Å². The maximum absolute atomic E-state index is 12.1. The van der Waals surface area contributed by atoms with Crippen molar-refractivity contribution < 1.29 is 8.42 Å². The second kappa shape index (κ2) is 5.00. The van der Waals surface area contributed by atoms with Gasteiger partial charge in [-0.05, 0) is 42.0 Å². The van der Waals surface area contributed by atoms with Gasteiger partial charge in [0.15, 0.2) is 9.84 Å². The van der Waals surface area contributed by atoms with E-state index in [1.54, 1.807) is 36.4 Å². The SMILES string of the molecule is Nc1ccc(CS(=O)(=O)c2ccc(Cl)cc2)cc1. The number of hydrogen-bond donors (Lipinski definition) is 1. The maximum Gasteiger partial charge on any atom is 0.182 e. The van der Waals surface area contributed by atoms with E-state index in [9.17, 15) is 8.42 Å². The van der Waals surface area contributed by atoms with Gasteiger partial charge in [-0.15, -0.1) is 0 Å². The predicted molar refractivity (Wildman–Crippen MR) is 73.2 cm³/mol. The number of halogens is 1. The fourth-order valence-corrected chi connectivity index (χ4v) is 3.03. The maximum atomic E-state index is 12.1. The second-order valence-electron chi connectivity index (χ2n) is 3.95. The number of anilines is 1. The first-order valence-electron chi connectivity index (χ1n) is 5.30. The molecule has 0 saturated heterocycles. The van der Waals surface area contributed by atoms with Crippen molar-refractivity contribution in [2.24, 2.45) is 0 Å². The van der Waals surface area contributed by atoms with Crippen molar-refractivity contribution in [3.05, 3.63) is 59.1 Å². The topological polar surface area (TPSA) is 60.2 Å². The minimum atomic E-state index is -3.34. The molecule has 0 aliphatic heterocycles. The van der Waals surface area contributed by atoms with Crippen molar-refractivity contribution in [2.75, 3.05) is 5.73 Å². The number of sulfone groups is 1. The van der Waals surface area contributed by atoms with Crippen LogP contribution in [0.5, 0.6) is 0 Å². The molecule has 2 N–H and O–H groups in total. The summed E-state index contributed by atoms with van der Waals surface area (Å²) in [4.78, 5) is 0.267. The lowest BCUT2D eigenvalue weighted by Gasteiger charge is -2.05. The molecule has 2 aromatic rings. The summed E-state index contributed by atoms with van der Waals surface area (Å²) < 4.78 is 24.2. The minimum absolute atomic E-state index is 0.0467. The van der Waals surface area contributed by atoms with Crippen LogP contribution in [0.15, 0.2) is 53.4 Å². The number of nitrogens with two attached hydrogens (primary N) is 1. The lowest BCUT2D eigenvalue weighted by molar-refractivity contribution is 0.595. The van der Waals surface area contributed by atoms with Crippen molar-refractivity contribution in [2.45, 2.75) is 10.6 Å². The molecule has 0 atom stereocenters. The Morgan fingerprint density at radius 3 is 2.06 bits per heavy atom. The Balaban J connectivity index is 2.27. The molecule has 5 heteroatoms. The zero-order chi connectivity index (χ0) is 13.2. The molecular formula is C13H12ClNO2S. The third kappa shape index (κ3) is 3.03. The van der Waals surface area contributed by atoms with Crippen molar-refractivity contribution in [3.63, 3.8) is 0 Å². The molecule has 0 bridgehead atoms. The van der Waals surface area contributed by atoms with Gasteiger partial charge in [-0.3, -0.25) is 0 Å². The van der Waals surface area contributed by atoms with Gasteiger partial charge in [0.1, 0.15) is 0 Å². The van der Waals surface area contributed by atoms with E-state index in [1.165, 1.54) is 12.1 Å². The fraction of sp³-hybridized carbons (Fsp3) is 0.0769. The summed E-state index contributed by atoms with van der Waals surface area (Å²) in [5.74, 6) is -0.0467. The van der Waals surface area contributed by atoms with Crippen LogP contribution in [0.4, 0.5) is 5.69 Å². The van der Waals surface area contributed by atoms with E-state index in [2.05, 4.69) is 0 Å². The van der Waals surface area contributed by atoms with Crippen LogP contribution < -0.4 is 5.73 Å². The molecule has 2 rings (SSSR count). The Morgan fingerprint density at radius 2 is 1.50 bits per heavy atom. The summed E-state index contributed by atoms with van der Waals surface area (Å²) in [5.41, 5.74) is 6.88. The highest BCUT2D eigenvalue weighted by atomic mass is 35.5. The monoisotopic (exact) mass is 281 g/mol. The molecule has 0 aromatic heterocycles. The largest absolute Gasteiger partial charge is 0.399 e. The number of nitrogen functional groups attached to an aromatic ring is 1. The zero-order valence-electron chi connectivity index (χ0n) is 9.51. The molecule has 0 heterocycles. The number of rotatable bonds is 3. The quantitative estimate of drug-likeness (QED) is 0.880. The van der Waals surface area contributed by atoms with Gasteiger partial charge in [0, 0.05) is 10.7 Å². The zero-order valence-corrected chi connectivity index (χ0v) is 11.1. The van der Waals surface area contributed by atoms with Crippen LogP contribution in [0.25, 0.3) is 0 Å². The third-order valence-electron chi connectivity index (χ3n) is 2.51. The Labute approximate surface area is 111 Å². The third-order valence-corrected chi connectivity index (χ3v) is 4.46. The fourth-order valence-electron chi connectivity index (χ4n) is 1.56. The summed E-state index contributed by atoms with van der Waals surface area (Å²) in [6, 6.07) is 12.9. The van der Waals surface area contributed by atoms with Gasteiger partial charge >= 0.3 is 0 Å². The smallest absolute Gasteiger partial charge is 0.182 e. The molecule has 2 aromatic carbocycles. The Kier molecular flexibility index (Phi) is 3.59. The van der Waals surface area contributed by atoms with Gasteiger partial charge in [-0.25, -0.2) is 8.42 Å². The highest BCUT2D eigenvalue weighted by Crippen LogP contribution is 2.19. The molecule has 0 unspecified atom stereocenters. The highest BCUT2D eigenvalue weighted by molar-refractivity contribution is 7.90.